The van der Waals surface area contributed by atoms with Gasteiger partial charge in [0.05, 0.1) is 22.6 Å². The van der Waals surface area contributed by atoms with Crippen LogP contribution in [0.15, 0.2) is 18.2 Å². The molecule has 7 nitrogen and oxygen atoms in total. The lowest BCUT2D eigenvalue weighted by molar-refractivity contribution is -0.384. The molecule has 1 heterocycles. The van der Waals surface area contributed by atoms with Crippen molar-refractivity contribution in [3.05, 3.63) is 28.3 Å². The minimum Gasteiger partial charge on any atom is -0.383 e. The highest BCUT2D eigenvalue weighted by Crippen LogP contribution is 2.20. The number of nitrogens with zero attached hydrogens (tertiary/aromatic N) is 2. The van der Waals surface area contributed by atoms with Crippen molar-refractivity contribution < 1.29 is 9.66 Å². The van der Waals surface area contributed by atoms with Gasteiger partial charge in [-0.2, -0.15) is 0 Å². The summed E-state index contributed by atoms with van der Waals surface area (Å²) in [5.74, 6) is 0.581. The molecule has 0 atom stereocenters. The van der Waals surface area contributed by atoms with E-state index < -0.39 is 4.92 Å². The average Bonchev–Trinajstić information content (AvgIpc) is 2.70. The van der Waals surface area contributed by atoms with Crippen LogP contribution in [0.2, 0.25) is 0 Å². The van der Waals surface area contributed by atoms with E-state index >= 15 is 0 Å². The minimum atomic E-state index is -0.432. The van der Waals surface area contributed by atoms with E-state index in [9.17, 15) is 10.1 Å². The van der Waals surface area contributed by atoms with Crippen molar-refractivity contribution in [2.24, 2.45) is 0 Å². The number of hydrogen-bond donors (Lipinski definition) is 2. The number of H-pyrrole nitrogens is 1. The number of ether oxygens (including phenoxy) is 1. The van der Waals surface area contributed by atoms with Crippen LogP contribution in [0.25, 0.3) is 11.0 Å². The number of methoxy groups -OCH3 is 1. The largest absolute Gasteiger partial charge is 0.383 e. The molecular weight excluding hydrogens is 224 g/mol. The van der Waals surface area contributed by atoms with E-state index in [2.05, 4.69) is 15.3 Å². The summed E-state index contributed by atoms with van der Waals surface area (Å²) in [6.45, 7) is 1.19. The fourth-order valence-electron chi connectivity index (χ4n) is 1.47. The maximum atomic E-state index is 10.6. The van der Waals surface area contributed by atoms with Gasteiger partial charge >= 0.3 is 0 Å². The molecule has 0 saturated carbocycles. The predicted molar refractivity (Wildman–Crippen MR) is 63.1 cm³/mol. The number of benzene rings is 1. The second-order valence-corrected chi connectivity index (χ2v) is 3.46. The van der Waals surface area contributed by atoms with E-state index in [1.54, 1.807) is 13.2 Å². The van der Waals surface area contributed by atoms with Crippen LogP contribution in [0.1, 0.15) is 0 Å². The molecule has 0 spiro atoms. The second kappa shape index (κ2) is 4.79. The van der Waals surface area contributed by atoms with Crippen LogP contribution < -0.4 is 5.32 Å². The zero-order chi connectivity index (χ0) is 12.3. The highest BCUT2D eigenvalue weighted by Gasteiger charge is 2.09. The van der Waals surface area contributed by atoms with E-state index in [0.717, 1.165) is 0 Å². The van der Waals surface area contributed by atoms with Crippen molar-refractivity contribution in [2.45, 2.75) is 0 Å². The minimum absolute atomic E-state index is 0.0459. The van der Waals surface area contributed by atoms with Crippen LogP contribution in [-0.4, -0.2) is 35.2 Å². The summed E-state index contributed by atoms with van der Waals surface area (Å²) in [6, 6.07) is 4.51. The van der Waals surface area contributed by atoms with Gasteiger partial charge in [0.15, 0.2) is 0 Å². The zero-order valence-corrected chi connectivity index (χ0v) is 9.27. The molecule has 1 aromatic carbocycles. The molecule has 0 bridgehead atoms. The number of non-ortho nitro benzene ring substituents is 1. The lowest BCUT2D eigenvalue weighted by Crippen LogP contribution is -2.08. The number of nitrogens with one attached hydrogen (secondary N) is 2. The molecule has 2 aromatic rings. The Labute approximate surface area is 97.0 Å². The van der Waals surface area contributed by atoms with Gasteiger partial charge in [0.2, 0.25) is 5.95 Å². The Balaban J connectivity index is 2.21. The summed E-state index contributed by atoms with van der Waals surface area (Å²) in [4.78, 5) is 17.4. The van der Waals surface area contributed by atoms with Crippen molar-refractivity contribution >= 4 is 22.7 Å². The van der Waals surface area contributed by atoms with Crippen LogP contribution in [0, 0.1) is 10.1 Å². The number of aromatic amines is 1. The molecular formula is C10H12N4O3. The molecule has 0 aliphatic heterocycles. The maximum Gasteiger partial charge on any atom is 0.271 e. The quantitative estimate of drug-likeness (QED) is 0.466. The fraction of sp³-hybridized carbons (Fsp3) is 0.300. The molecule has 0 radical (unpaired) electrons. The predicted octanol–water partition coefficient (Wildman–Crippen LogP) is 1.53. The van der Waals surface area contributed by atoms with Crippen LogP contribution >= 0.6 is 0 Å². The molecule has 2 N–H and O–H groups in total. The summed E-state index contributed by atoms with van der Waals surface area (Å²) in [5.41, 5.74) is 1.37. The third kappa shape index (κ3) is 2.51. The maximum absolute atomic E-state index is 10.6. The Hall–Kier alpha value is -2.15. The topological polar surface area (TPSA) is 93.1 Å². The number of nitro benzene ring substituents is 1. The third-order valence-corrected chi connectivity index (χ3v) is 2.27. The van der Waals surface area contributed by atoms with E-state index in [1.165, 1.54) is 12.1 Å². The smallest absolute Gasteiger partial charge is 0.271 e. The van der Waals surface area contributed by atoms with Gasteiger partial charge in [0, 0.05) is 25.8 Å². The van der Waals surface area contributed by atoms with E-state index in [0.29, 0.717) is 30.1 Å². The molecule has 1 aromatic heterocycles. The zero-order valence-electron chi connectivity index (χ0n) is 9.27. The fourth-order valence-corrected chi connectivity index (χ4v) is 1.47. The lowest BCUT2D eigenvalue weighted by Gasteiger charge is -1.99. The van der Waals surface area contributed by atoms with Crippen molar-refractivity contribution in [3.63, 3.8) is 0 Å². The Bertz CT molecular complexity index is 537. The first-order chi connectivity index (χ1) is 8.20. The number of aromatic nitrogens is 2. The summed E-state index contributed by atoms with van der Waals surface area (Å²) in [7, 11) is 1.61. The Kier molecular flexibility index (Phi) is 3.20. The van der Waals surface area contributed by atoms with Gasteiger partial charge in [-0.3, -0.25) is 10.1 Å². The lowest BCUT2D eigenvalue weighted by atomic mass is 10.3. The Morgan fingerprint density at radius 3 is 3.12 bits per heavy atom. The van der Waals surface area contributed by atoms with Crippen molar-refractivity contribution in [3.8, 4) is 0 Å². The molecule has 90 valence electrons. The van der Waals surface area contributed by atoms with Crippen LogP contribution in [0.5, 0.6) is 0 Å². The molecule has 7 heteroatoms. The molecule has 0 aliphatic rings. The number of anilines is 1. The van der Waals surface area contributed by atoms with Gasteiger partial charge in [-0.15, -0.1) is 0 Å². The average molecular weight is 236 g/mol. The summed E-state index contributed by atoms with van der Waals surface area (Å²) >= 11 is 0. The highest BCUT2D eigenvalue weighted by atomic mass is 16.6. The van der Waals surface area contributed by atoms with Crippen LogP contribution in [-0.2, 0) is 4.74 Å². The molecule has 0 aliphatic carbocycles. The molecule has 0 fully saturated rings. The van der Waals surface area contributed by atoms with Crippen molar-refractivity contribution in [1.82, 2.24) is 9.97 Å². The third-order valence-electron chi connectivity index (χ3n) is 2.27. The molecule has 17 heavy (non-hydrogen) atoms. The van der Waals surface area contributed by atoms with E-state index in [-0.39, 0.29) is 5.69 Å². The van der Waals surface area contributed by atoms with Gasteiger partial charge in [-0.05, 0) is 6.07 Å². The second-order valence-electron chi connectivity index (χ2n) is 3.46. The van der Waals surface area contributed by atoms with Crippen molar-refractivity contribution in [1.29, 1.82) is 0 Å². The van der Waals surface area contributed by atoms with Gasteiger partial charge in [-0.25, -0.2) is 4.98 Å². The standard InChI is InChI=1S/C10H12N4O3/c1-17-5-4-11-10-12-8-3-2-7(14(15)16)6-9(8)13-10/h2-3,6H,4-5H2,1H3,(H2,11,12,13). The Morgan fingerprint density at radius 1 is 1.59 bits per heavy atom. The van der Waals surface area contributed by atoms with Crippen LogP contribution in [0.3, 0.4) is 0 Å². The van der Waals surface area contributed by atoms with E-state index in [4.69, 9.17) is 4.74 Å². The monoisotopic (exact) mass is 236 g/mol. The summed E-state index contributed by atoms with van der Waals surface area (Å²) in [5, 5.41) is 13.6. The van der Waals surface area contributed by atoms with Gasteiger partial charge in [0.25, 0.3) is 5.69 Å². The van der Waals surface area contributed by atoms with Gasteiger partial charge in [-0.1, -0.05) is 0 Å². The van der Waals surface area contributed by atoms with Crippen molar-refractivity contribution in [2.75, 3.05) is 25.6 Å². The molecule has 2 rings (SSSR count). The number of hydrogen-bond acceptors (Lipinski definition) is 5. The number of imidazole rings is 1. The molecule has 0 saturated heterocycles. The van der Waals surface area contributed by atoms with Crippen LogP contribution in [0.4, 0.5) is 11.6 Å². The Morgan fingerprint density at radius 2 is 2.41 bits per heavy atom. The van der Waals surface area contributed by atoms with Gasteiger partial charge in [0.1, 0.15) is 0 Å². The first kappa shape index (κ1) is 11.3. The highest BCUT2D eigenvalue weighted by molar-refractivity contribution is 5.79. The number of rotatable bonds is 5. The first-order valence-electron chi connectivity index (χ1n) is 5.07. The normalized spacial score (nSPS) is 10.6. The van der Waals surface area contributed by atoms with Gasteiger partial charge < -0.3 is 15.0 Å². The summed E-state index contributed by atoms with van der Waals surface area (Å²) in [6.07, 6.45) is 0. The molecule has 0 unspecified atom stereocenters. The summed E-state index contributed by atoms with van der Waals surface area (Å²) < 4.78 is 4.89. The SMILES string of the molecule is COCCNc1nc2ccc([N+](=O)[O-])cc2[nH]1. The number of nitro groups is 1. The van der Waals surface area contributed by atoms with E-state index in [1.807, 2.05) is 0 Å². The number of fused-ring (bicyclic) bond motifs is 1. The first-order valence-corrected chi connectivity index (χ1v) is 5.07. The molecule has 0 amide bonds.